The molecule has 3 rings (SSSR count). The van der Waals surface area contributed by atoms with Crippen molar-refractivity contribution in [1.29, 1.82) is 0 Å². The number of aryl methyl sites for hydroxylation is 2. The van der Waals surface area contributed by atoms with Gasteiger partial charge in [-0.05, 0) is 39.8 Å². The lowest BCUT2D eigenvalue weighted by Gasteiger charge is -2.11. The molecule has 0 radical (unpaired) electrons. The Morgan fingerprint density at radius 3 is 2.63 bits per heavy atom. The summed E-state index contributed by atoms with van der Waals surface area (Å²) < 4.78 is 6.76. The van der Waals surface area contributed by atoms with E-state index in [2.05, 4.69) is 10.1 Å². The summed E-state index contributed by atoms with van der Waals surface area (Å²) in [6.45, 7) is 11.9. The van der Waals surface area contributed by atoms with Gasteiger partial charge in [0.1, 0.15) is 5.56 Å². The Labute approximate surface area is 159 Å². The fourth-order valence-corrected chi connectivity index (χ4v) is 2.81. The Kier molecular flexibility index (Phi) is 6.82. The third-order valence-corrected chi connectivity index (χ3v) is 4.01. The third-order valence-electron chi connectivity index (χ3n) is 4.01. The van der Waals surface area contributed by atoms with Crippen LogP contribution in [-0.2, 0) is 4.74 Å². The first-order valence-electron chi connectivity index (χ1n) is 9.18. The van der Waals surface area contributed by atoms with Gasteiger partial charge in [-0.3, -0.25) is 4.98 Å². The number of hydrogen-bond donors (Lipinski definition) is 0. The van der Waals surface area contributed by atoms with Crippen molar-refractivity contribution in [1.82, 2.24) is 19.6 Å². The molecule has 0 spiro atoms. The molecular weight excluding hydrogens is 340 g/mol. The highest BCUT2D eigenvalue weighted by atomic mass is 16.5. The second-order valence-electron chi connectivity index (χ2n) is 5.64. The van der Waals surface area contributed by atoms with E-state index in [0.717, 1.165) is 28.2 Å². The molecule has 0 aromatic carbocycles. The molecule has 0 atom stereocenters. The van der Waals surface area contributed by atoms with Crippen LogP contribution in [0.25, 0.3) is 11.2 Å². The highest BCUT2D eigenvalue weighted by Gasteiger charge is 2.18. The lowest BCUT2D eigenvalue weighted by Crippen LogP contribution is -2.07. The quantitative estimate of drug-likeness (QED) is 0.640. The van der Waals surface area contributed by atoms with E-state index in [1.807, 2.05) is 58.9 Å². The number of esters is 1. The van der Waals surface area contributed by atoms with E-state index in [1.165, 1.54) is 6.20 Å². The average Bonchev–Trinajstić information content (AvgIpc) is 3.10. The van der Waals surface area contributed by atoms with Gasteiger partial charge in [0, 0.05) is 28.7 Å². The first kappa shape index (κ1) is 20.3. The summed E-state index contributed by atoms with van der Waals surface area (Å²) in [5, 5.41) is 4.26. The molecule has 6 heteroatoms. The van der Waals surface area contributed by atoms with Crippen LogP contribution in [0.15, 0.2) is 36.7 Å². The lowest BCUT2D eigenvalue weighted by molar-refractivity contribution is 0.0528. The topological polar surface area (TPSA) is 69.4 Å². The minimum Gasteiger partial charge on any atom is -0.462 e. The molecule has 3 aromatic rings. The van der Waals surface area contributed by atoms with Crippen molar-refractivity contribution in [3.63, 3.8) is 0 Å². The van der Waals surface area contributed by atoms with Crippen molar-refractivity contribution < 1.29 is 9.53 Å². The minimum absolute atomic E-state index is 0.309. The molecule has 0 aliphatic carbocycles. The molecule has 3 heterocycles. The van der Waals surface area contributed by atoms with Crippen LogP contribution in [0, 0.1) is 13.8 Å². The van der Waals surface area contributed by atoms with Crippen LogP contribution in [0.2, 0.25) is 0 Å². The van der Waals surface area contributed by atoms with E-state index < -0.39 is 5.97 Å². The highest BCUT2D eigenvalue weighted by molar-refractivity contribution is 5.96. The van der Waals surface area contributed by atoms with Gasteiger partial charge in [0.05, 0.1) is 18.5 Å². The van der Waals surface area contributed by atoms with Crippen molar-refractivity contribution in [2.75, 3.05) is 6.61 Å². The molecular formula is C21H26N4O2. The summed E-state index contributed by atoms with van der Waals surface area (Å²) in [6, 6.07) is 5.87. The van der Waals surface area contributed by atoms with Gasteiger partial charge < -0.3 is 4.74 Å². The maximum absolute atomic E-state index is 12.2. The number of hydrogen-bond acceptors (Lipinski definition) is 5. The maximum atomic E-state index is 12.2. The Hall–Kier alpha value is -3.02. The van der Waals surface area contributed by atoms with Gasteiger partial charge in [-0.25, -0.2) is 14.3 Å². The van der Waals surface area contributed by atoms with E-state index in [0.29, 0.717) is 17.8 Å². The summed E-state index contributed by atoms with van der Waals surface area (Å²) in [6.07, 6.45) is 5.27. The van der Waals surface area contributed by atoms with Crippen molar-refractivity contribution in [3.05, 3.63) is 64.9 Å². The van der Waals surface area contributed by atoms with Gasteiger partial charge in [0.2, 0.25) is 0 Å². The number of rotatable bonds is 4. The molecule has 0 N–H and O–H groups in total. The monoisotopic (exact) mass is 366 g/mol. The Morgan fingerprint density at radius 1 is 1.26 bits per heavy atom. The first-order chi connectivity index (χ1) is 13.1. The van der Waals surface area contributed by atoms with Crippen LogP contribution in [-0.4, -0.2) is 32.2 Å². The van der Waals surface area contributed by atoms with Crippen molar-refractivity contribution in [2.45, 2.75) is 41.5 Å². The fourth-order valence-electron chi connectivity index (χ4n) is 2.81. The number of carbonyl (C=O) groups is 1. The predicted molar refractivity (Wildman–Crippen MR) is 107 cm³/mol. The molecule has 0 fully saturated rings. The molecule has 3 aromatic heterocycles. The average molecular weight is 366 g/mol. The zero-order chi connectivity index (χ0) is 20.0. The van der Waals surface area contributed by atoms with Gasteiger partial charge in [0.25, 0.3) is 0 Å². The van der Waals surface area contributed by atoms with Crippen LogP contribution in [0.3, 0.4) is 0 Å². The molecule has 27 heavy (non-hydrogen) atoms. The van der Waals surface area contributed by atoms with Crippen molar-refractivity contribution >= 4 is 17.2 Å². The van der Waals surface area contributed by atoms with E-state index >= 15 is 0 Å². The van der Waals surface area contributed by atoms with Gasteiger partial charge in [0.15, 0.2) is 5.65 Å². The molecule has 0 unspecified atom stereocenters. The standard InChI is InChI=1S/C19H20N4O2.C2H6/c1-5-14(15-8-7-9-20-13(15)4)17-10-12(3)23-18(22-17)16(11-21-23)19(24)25-6-2;1-2/h5,7-11H,6H2,1-4H3;1-2H3/b14-5+;. The largest absolute Gasteiger partial charge is 0.462 e. The van der Waals surface area contributed by atoms with E-state index in [1.54, 1.807) is 17.6 Å². The molecule has 0 aliphatic heterocycles. The second kappa shape index (κ2) is 9.07. The third kappa shape index (κ3) is 4.05. The smallest absolute Gasteiger partial charge is 0.343 e. The van der Waals surface area contributed by atoms with Gasteiger partial charge >= 0.3 is 5.97 Å². The van der Waals surface area contributed by atoms with Crippen LogP contribution < -0.4 is 0 Å². The Bertz CT molecular complexity index is 973. The van der Waals surface area contributed by atoms with Crippen LogP contribution in [0.4, 0.5) is 0 Å². The molecule has 142 valence electrons. The number of fused-ring (bicyclic) bond motifs is 1. The van der Waals surface area contributed by atoms with Crippen LogP contribution in [0.1, 0.15) is 60.7 Å². The maximum Gasteiger partial charge on any atom is 0.343 e. The van der Waals surface area contributed by atoms with E-state index in [9.17, 15) is 4.79 Å². The summed E-state index contributed by atoms with van der Waals surface area (Å²) in [5.74, 6) is -0.416. The summed E-state index contributed by atoms with van der Waals surface area (Å²) >= 11 is 0. The predicted octanol–water partition coefficient (Wildman–Crippen LogP) is 4.40. The number of carbonyl (C=O) groups excluding carboxylic acids is 1. The summed E-state index contributed by atoms with van der Waals surface area (Å²) in [7, 11) is 0. The SMILES string of the molecule is C/C=C(/c1cc(C)n2ncc(C(=O)OCC)c2n1)c1cccnc1C.CC. The molecule has 0 saturated heterocycles. The number of pyridine rings is 1. The number of ether oxygens (including phenoxy) is 1. The second-order valence-corrected chi connectivity index (χ2v) is 5.64. The lowest BCUT2D eigenvalue weighted by atomic mass is 10.0. The van der Waals surface area contributed by atoms with Gasteiger partial charge in [-0.2, -0.15) is 5.10 Å². The van der Waals surface area contributed by atoms with Crippen molar-refractivity contribution in [2.24, 2.45) is 0 Å². The molecule has 0 aliphatic rings. The number of nitrogens with zero attached hydrogens (tertiary/aromatic N) is 4. The van der Waals surface area contributed by atoms with Crippen LogP contribution in [0.5, 0.6) is 0 Å². The number of aromatic nitrogens is 4. The molecule has 0 amide bonds. The highest BCUT2D eigenvalue weighted by Crippen LogP contribution is 2.25. The van der Waals surface area contributed by atoms with Gasteiger partial charge in [-0.15, -0.1) is 0 Å². The molecule has 0 bridgehead atoms. The van der Waals surface area contributed by atoms with Gasteiger partial charge in [-0.1, -0.05) is 26.0 Å². The normalized spacial score (nSPS) is 11.1. The fraction of sp³-hybridized carbons (Fsp3) is 0.333. The zero-order valence-electron chi connectivity index (χ0n) is 16.8. The number of allylic oxidation sites excluding steroid dienone is 1. The Morgan fingerprint density at radius 2 is 2.00 bits per heavy atom. The first-order valence-corrected chi connectivity index (χ1v) is 9.18. The molecule has 6 nitrogen and oxygen atoms in total. The summed E-state index contributed by atoms with van der Waals surface area (Å²) in [5.41, 5.74) is 5.42. The summed E-state index contributed by atoms with van der Waals surface area (Å²) in [4.78, 5) is 21.2. The van der Waals surface area contributed by atoms with E-state index in [-0.39, 0.29) is 0 Å². The Balaban J connectivity index is 0.00000126. The van der Waals surface area contributed by atoms with E-state index in [4.69, 9.17) is 9.72 Å². The van der Waals surface area contributed by atoms with Crippen molar-refractivity contribution in [3.8, 4) is 0 Å². The molecule has 0 saturated carbocycles. The zero-order valence-corrected chi connectivity index (χ0v) is 16.8. The minimum atomic E-state index is -0.416. The van der Waals surface area contributed by atoms with Crippen LogP contribution >= 0.6 is 0 Å².